The molecule has 0 amide bonds. The van der Waals surface area contributed by atoms with Crippen LogP contribution in [-0.4, -0.2) is 16.2 Å². The highest BCUT2D eigenvalue weighted by Crippen LogP contribution is 2.37. The van der Waals surface area contributed by atoms with E-state index in [2.05, 4.69) is 10.4 Å². The number of nitrogens with zero attached hydrogens (tertiary/aromatic N) is 2. The Hall–Kier alpha value is -1.91. The summed E-state index contributed by atoms with van der Waals surface area (Å²) in [7, 11) is 0. The molecule has 0 aliphatic carbocycles. The summed E-state index contributed by atoms with van der Waals surface area (Å²) in [5.41, 5.74) is 1.02. The smallest absolute Gasteiger partial charge is 0.260 e. The fourth-order valence-corrected chi connectivity index (χ4v) is 2.39. The van der Waals surface area contributed by atoms with Crippen LogP contribution in [0.15, 0.2) is 42.6 Å². The van der Waals surface area contributed by atoms with Gasteiger partial charge in [-0.05, 0) is 12.0 Å². The van der Waals surface area contributed by atoms with Gasteiger partial charge in [-0.3, -0.25) is 0 Å². The summed E-state index contributed by atoms with van der Waals surface area (Å²) in [5, 5.41) is 7.21. The Kier molecular flexibility index (Phi) is 2.74. The Morgan fingerprint density at radius 1 is 1.22 bits per heavy atom. The Bertz CT molecular complexity index is 524. The van der Waals surface area contributed by atoms with E-state index in [4.69, 9.17) is 0 Å². The van der Waals surface area contributed by atoms with Crippen LogP contribution in [0.25, 0.3) is 0 Å². The Morgan fingerprint density at radius 2 is 2.00 bits per heavy atom. The fraction of sp³-hybridized carbons (Fsp3) is 0.308. The monoisotopic (exact) mass is 249 g/mol. The van der Waals surface area contributed by atoms with E-state index in [9.17, 15) is 8.78 Å². The first-order chi connectivity index (χ1) is 8.75. The van der Waals surface area contributed by atoms with E-state index in [1.807, 2.05) is 30.3 Å². The van der Waals surface area contributed by atoms with Gasteiger partial charge < -0.3 is 5.32 Å². The number of anilines is 1. The quantitative estimate of drug-likeness (QED) is 0.885. The largest absolute Gasteiger partial charge is 0.363 e. The molecule has 2 heterocycles. The van der Waals surface area contributed by atoms with Crippen molar-refractivity contribution in [1.29, 1.82) is 0 Å². The molecule has 2 aromatic rings. The highest BCUT2D eigenvalue weighted by atomic mass is 19.3. The first-order valence-electron chi connectivity index (χ1n) is 5.89. The summed E-state index contributed by atoms with van der Waals surface area (Å²) in [6.07, 6.45) is -0.515. The SMILES string of the molecule is FC(F)[C@@H]1C[C@H](c2ccccc2)Nc2ccnn21. The van der Waals surface area contributed by atoms with Gasteiger partial charge in [-0.2, -0.15) is 5.10 Å². The molecular weight excluding hydrogens is 236 g/mol. The molecule has 3 nitrogen and oxygen atoms in total. The van der Waals surface area contributed by atoms with Crippen LogP contribution in [-0.2, 0) is 0 Å². The van der Waals surface area contributed by atoms with Gasteiger partial charge in [0.05, 0.1) is 12.2 Å². The van der Waals surface area contributed by atoms with Crippen LogP contribution in [0.2, 0.25) is 0 Å². The van der Waals surface area contributed by atoms with Crippen LogP contribution >= 0.6 is 0 Å². The molecule has 94 valence electrons. The molecule has 1 N–H and O–H groups in total. The van der Waals surface area contributed by atoms with Crippen molar-refractivity contribution in [3.05, 3.63) is 48.2 Å². The summed E-state index contributed by atoms with van der Waals surface area (Å²) in [6.45, 7) is 0. The highest BCUT2D eigenvalue weighted by molar-refractivity contribution is 5.41. The molecule has 0 saturated heterocycles. The molecule has 0 fully saturated rings. The van der Waals surface area contributed by atoms with Gasteiger partial charge in [0.1, 0.15) is 11.9 Å². The molecule has 0 saturated carbocycles. The molecule has 1 aromatic carbocycles. The van der Waals surface area contributed by atoms with Crippen LogP contribution in [0.4, 0.5) is 14.6 Å². The molecule has 0 bridgehead atoms. The van der Waals surface area contributed by atoms with Crippen LogP contribution in [0.5, 0.6) is 0 Å². The van der Waals surface area contributed by atoms with Crippen molar-refractivity contribution >= 4 is 5.82 Å². The van der Waals surface area contributed by atoms with E-state index in [1.165, 1.54) is 4.68 Å². The Labute approximate surface area is 103 Å². The van der Waals surface area contributed by atoms with Gasteiger partial charge in [0.15, 0.2) is 0 Å². The zero-order valence-electron chi connectivity index (χ0n) is 9.63. The van der Waals surface area contributed by atoms with Crippen LogP contribution in [0, 0.1) is 0 Å². The number of hydrogen-bond donors (Lipinski definition) is 1. The van der Waals surface area contributed by atoms with Gasteiger partial charge in [-0.1, -0.05) is 30.3 Å². The predicted molar refractivity (Wildman–Crippen MR) is 64.7 cm³/mol. The van der Waals surface area contributed by atoms with Crippen molar-refractivity contribution in [2.24, 2.45) is 0 Å². The number of fused-ring (bicyclic) bond motifs is 1. The van der Waals surface area contributed by atoms with E-state index in [-0.39, 0.29) is 6.04 Å². The number of alkyl halides is 2. The maximum absolute atomic E-state index is 13.1. The lowest BCUT2D eigenvalue weighted by atomic mass is 9.97. The van der Waals surface area contributed by atoms with E-state index >= 15 is 0 Å². The molecule has 0 radical (unpaired) electrons. The molecule has 1 aliphatic heterocycles. The molecule has 0 unspecified atom stereocenters. The second kappa shape index (κ2) is 4.40. The number of rotatable bonds is 2. The lowest BCUT2D eigenvalue weighted by molar-refractivity contribution is 0.0658. The number of nitrogens with one attached hydrogen (secondary N) is 1. The first-order valence-corrected chi connectivity index (χ1v) is 5.89. The van der Waals surface area contributed by atoms with Crippen molar-refractivity contribution in [1.82, 2.24) is 9.78 Å². The molecule has 0 spiro atoms. The zero-order valence-corrected chi connectivity index (χ0v) is 9.63. The maximum Gasteiger partial charge on any atom is 0.260 e. The third-order valence-electron chi connectivity index (χ3n) is 3.28. The van der Waals surface area contributed by atoms with Crippen LogP contribution < -0.4 is 5.32 Å². The number of halogens is 2. The van der Waals surface area contributed by atoms with Crippen molar-refractivity contribution in [2.75, 3.05) is 5.32 Å². The third-order valence-corrected chi connectivity index (χ3v) is 3.28. The average molecular weight is 249 g/mol. The van der Waals surface area contributed by atoms with Gasteiger partial charge >= 0.3 is 0 Å². The van der Waals surface area contributed by atoms with Crippen LogP contribution in [0.3, 0.4) is 0 Å². The van der Waals surface area contributed by atoms with E-state index in [1.54, 1.807) is 12.3 Å². The van der Waals surface area contributed by atoms with Crippen molar-refractivity contribution in [2.45, 2.75) is 24.9 Å². The van der Waals surface area contributed by atoms with Crippen LogP contribution in [0.1, 0.15) is 24.1 Å². The Balaban J connectivity index is 1.94. The summed E-state index contributed by atoms with van der Waals surface area (Å²) < 4.78 is 27.5. The number of hydrogen-bond acceptors (Lipinski definition) is 2. The summed E-state index contributed by atoms with van der Waals surface area (Å²) >= 11 is 0. The molecule has 1 aliphatic rings. The summed E-state index contributed by atoms with van der Waals surface area (Å²) in [6, 6.07) is 10.4. The number of benzene rings is 1. The Morgan fingerprint density at radius 3 is 2.72 bits per heavy atom. The topological polar surface area (TPSA) is 29.9 Å². The second-order valence-electron chi connectivity index (χ2n) is 4.41. The normalized spacial score (nSPS) is 22.6. The highest BCUT2D eigenvalue weighted by Gasteiger charge is 2.33. The molecule has 3 rings (SSSR count). The third kappa shape index (κ3) is 1.85. The minimum absolute atomic E-state index is 0.0885. The second-order valence-corrected chi connectivity index (χ2v) is 4.41. The van der Waals surface area contributed by atoms with E-state index in [0.717, 1.165) is 5.56 Å². The lowest BCUT2D eigenvalue weighted by Gasteiger charge is -2.32. The van der Waals surface area contributed by atoms with Gasteiger partial charge in [0.25, 0.3) is 6.43 Å². The standard InChI is InChI=1S/C13H13F2N3/c14-13(15)11-8-10(9-4-2-1-3-5-9)17-12-6-7-16-18(11)12/h1-7,10-11,13,17H,8H2/t10-,11+/m1/s1. The molecule has 2 atom stereocenters. The minimum atomic E-state index is -2.41. The maximum atomic E-state index is 13.1. The summed E-state index contributed by atoms with van der Waals surface area (Å²) in [4.78, 5) is 0. The van der Waals surface area contributed by atoms with E-state index in [0.29, 0.717) is 12.2 Å². The number of aromatic nitrogens is 2. The molecular formula is C13H13F2N3. The molecule has 1 aromatic heterocycles. The molecule has 5 heteroatoms. The zero-order chi connectivity index (χ0) is 12.5. The first kappa shape index (κ1) is 11.2. The fourth-order valence-electron chi connectivity index (χ4n) is 2.39. The minimum Gasteiger partial charge on any atom is -0.363 e. The van der Waals surface area contributed by atoms with Crippen molar-refractivity contribution < 1.29 is 8.78 Å². The predicted octanol–water partition coefficient (Wildman–Crippen LogP) is 3.25. The average Bonchev–Trinajstić information content (AvgIpc) is 2.86. The van der Waals surface area contributed by atoms with Gasteiger partial charge in [0.2, 0.25) is 0 Å². The summed E-state index contributed by atoms with van der Waals surface area (Å²) in [5.74, 6) is 0.653. The van der Waals surface area contributed by atoms with Gasteiger partial charge in [0, 0.05) is 6.07 Å². The van der Waals surface area contributed by atoms with Crippen molar-refractivity contribution in [3.63, 3.8) is 0 Å². The lowest BCUT2D eigenvalue weighted by Crippen LogP contribution is -2.30. The van der Waals surface area contributed by atoms with Gasteiger partial charge in [-0.15, -0.1) is 0 Å². The van der Waals surface area contributed by atoms with Crippen molar-refractivity contribution in [3.8, 4) is 0 Å². The molecule has 18 heavy (non-hydrogen) atoms. The van der Waals surface area contributed by atoms with Gasteiger partial charge in [-0.25, -0.2) is 13.5 Å². The van der Waals surface area contributed by atoms with E-state index < -0.39 is 12.5 Å².